The molecule has 0 aliphatic heterocycles. The highest BCUT2D eigenvalue weighted by Gasteiger charge is 2.39. The number of carboxylic acid groups (broad SMARTS) is 1. The zero-order valence-corrected chi connectivity index (χ0v) is 14.7. The van der Waals surface area contributed by atoms with Gasteiger partial charge in [0.15, 0.2) is 0 Å². The van der Waals surface area contributed by atoms with E-state index < -0.39 is 11.4 Å². The van der Waals surface area contributed by atoms with Gasteiger partial charge in [-0.3, -0.25) is 9.59 Å². The van der Waals surface area contributed by atoms with Crippen molar-refractivity contribution in [1.82, 2.24) is 5.32 Å². The summed E-state index contributed by atoms with van der Waals surface area (Å²) < 4.78 is 1.50. The molecule has 1 amide bonds. The number of amides is 1. The van der Waals surface area contributed by atoms with Crippen molar-refractivity contribution in [2.45, 2.75) is 32.1 Å². The quantitative estimate of drug-likeness (QED) is 0.777. The second kappa shape index (κ2) is 6.92. The highest BCUT2D eigenvalue weighted by molar-refractivity contribution is 9.11. The Hall–Kier alpha value is -0.880. The Kier molecular flexibility index (Phi) is 5.43. The summed E-state index contributed by atoms with van der Waals surface area (Å²) in [6.45, 7) is 0.181. The fraction of sp³-hybridized carbons (Fsp3) is 0.467. The maximum absolute atomic E-state index is 12.3. The minimum atomic E-state index is -0.813. The van der Waals surface area contributed by atoms with Gasteiger partial charge in [-0.15, -0.1) is 0 Å². The first kappa shape index (κ1) is 16.5. The van der Waals surface area contributed by atoms with Gasteiger partial charge in [-0.2, -0.15) is 0 Å². The molecule has 1 aliphatic rings. The van der Waals surface area contributed by atoms with Crippen LogP contribution in [0.1, 0.15) is 42.5 Å². The predicted octanol–water partition coefficient (Wildman–Crippen LogP) is 3.98. The maximum Gasteiger partial charge on any atom is 0.311 e. The Labute approximate surface area is 140 Å². The van der Waals surface area contributed by atoms with Gasteiger partial charge in [0.1, 0.15) is 0 Å². The molecule has 114 valence electrons. The zero-order chi connectivity index (χ0) is 15.5. The SMILES string of the molecule is O=C(NCC1(C(=O)O)CCCCC1)c1cc(Br)ccc1Br. The molecular formula is C15H17Br2NO3. The summed E-state index contributed by atoms with van der Waals surface area (Å²) in [6.07, 6.45) is 4.14. The third kappa shape index (κ3) is 3.86. The van der Waals surface area contributed by atoms with Gasteiger partial charge in [-0.25, -0.2) is 0 Å². The highest BCUT2D eigenvalue weighted by atomic mass is 79.9. The molecule has 0 aromatic heterocycles. The van der Waals surface area contributed by atoms with E-state index in [2.05, 4.69) is 37.2 Å². The molecule has 0 saturated heterocycles. The maximum atomic E-state index is 12.3. The van der Waals surface area contributed by atoms with E-state index >= 15 is 0 Å². The van der Waals surface area contributed by atoms with Gasteiger partial charge in [-0.1, -0.05) is 35.2 Å². The van der Waals surface area contributed by atoms with E-state index in [1.807, 2.05) is 6.07 Å². The summed E-state index contributed by atoms with van der Waals surface area (Å²) in [7, 11) is 0. The minimum absolute atomic E-state index is 0.181. The lowest BCUT2D eigenvalue weighted by molar-refractivity contribution is -0.150. The molecule has 2 N–H and O–H groups in total. The van der Waals surface area contributed by atoms with Gasteiger partial charge in [0, 0.05) is 15.5 Å². The first-order valence-electron chi connectivity index (χ1n) is 6.91. The standard InChI is InChI=1S/C15H17Br2NO3/c16-10-4-5-12(17)11(8-10)13(19)18-9-15(14(20)21)6-2-1-3-7-15/h4-5,8H,1-3,6-7,9H2,(H,18,19)(H,20,21). The van der Waals surface area contributed by atoms with Crippen LogP contribution in [0, 0.1) is 5.41 Å². The molecule has 0 bridgehead atoms. The summed E-state index contributed by atoms with van der Waals surface area (Å²) in [5.74, 6) is -1.06. The van der Waals surface area contributed by atoms with Crippen molar-refractivity contribution in [1.29, 1.82) is 0 Å². The molecule has 1 saturated carbocycles. The molecule has 1 aromatic carbocycles. The number of carbonyl (C=O) groups is 2. The average molecular weight is 419 g/mol. The Balaban J connectivity index is 2.08. The molecule has 6 heteroatoms. The third-order valence-corrected chi connectivity index (χ3v) is 5.21. The van der Waals surface area contributed by atoms with Crippen LogP contribution in [-0.4, -0.2) is 23.5 Å². The van der Waals surface area contributed by atoms with Crippen LogP contribution in [0.5, 0.6) is 0 Å². The number of carbonyl (C=O) groups excluding carboxylic acids is 1. The Morgan fingerprint density at radius 2 is 1.86 bits per heavy atom. The summed E-state index contributed by atoms with van der Waals surface area (Å²) in [5, 5.41) is 12.3. The lowest BCUT2D eigenvalue weighted by atomic mass is 9.74. The lowest BCUT2D eigenvalue weighted by Gasteiger charge is -2.33. The van der Waals surface area contributed by atoms with E-state index in [1.54, 1.807) is 12.1 Å². The van der Waals surface area contributed by atoms with Gasteiger partial charge in [0.05, 0.1) is 11.0 Å². The fourth-order valence-corrected chi connectivity index (χ4v) is 3.50. The number of hydrogen-bond acceptors (Lipinski definition) is 2. The molecule has 0 heterocycles. The normalized spacial score (nSPS) is 17.2. The van der Waals surface area contributed by atoms with Crippen molar-refractivity contribution in [3.63, 3.8) is 0 Å². The van der Waals surface area contributed by atoms with Crippen LogP contribution in [0.3, 0.4) is 0 Å². The summed E-state index contributed by atoms with van der Waals surface area (Å²) in [4.78, 5) is 23.8. The number of hydrogen-bond donors (Lipinski definition) is 2. The van der Waals surface area contributed by atoms with Crippen LogP contribution >= 0.6 is 31.9 Å². The second-order valence-electron chi connectivity index (χ2n) is 5.45. The van der Waals surface area contributed by atoms with Crippen molar-refractivity contribution in [3.8, 4) is 0 Å². The van der Waals surface area contributed by atoms with Crippen LogP contribution in [0.4, 0.5) is 0 Å². The number of carboxylic acids is 1. The molecule has 0 atom stereocenters. The molecule has 0 radical (unpaired) electrons. The van der Waals surface area contributed by atoms with Crippen LogP contribution in [0.25, 0.3) is 0 Å². The topological polar surface area (TPSA) is 66.4 Å². The molecule has 0 spiro atoms. The van der Waals surface area contributed by atoms with E-state index in [-0.39, 0.29) is 12.5 Å². The largest absolute Gasteiger partial charge is 0.481 e. The minimum Gasteiger partial charge on any atom is -0.481 e. The van der Waals surface area contributed by atoms with Gasteiger partial charge in [0.2, 0.25) is 0 Å². The first-order valence-corrected chi connectivity index (χ1v) is 8.50. The van der Waals surface area contributed by atoms with Crippen LogP contribution in [0.2, 0.25) is 0 Å². The predicted molar refractivity (Wildman–Crippen MR) is 87.3 cm³/mol. The smallest absolute Gasteiger partial charge is 0.311 e. The highest BCUT2D eigenvalue weighted by Crippen LogP contribution is 2.36. The molecular weight excluding hydrogens is 402 g/mol. The summed E-state index contributed by atoms with van der Waals surface area (Å²) in [6, 6.07) is 5.33. The Morgan fingerprint density at radius 3 is 2.48 bits per heavy atom. The molecule has 0 unspecified atom stereocenters. The molecule has 21 heavy (non-hydrogen) atoms. The van der Waals surface area contributed by atoms with Gasteiger partial charge < -0.3 is 10.4 Å². The van der Waals surface area contributed by atoms with Crippen molar-refractivity contribution in [2.75, 3.05) is 6.54 Å². The monoisotopic (exact) mass is 417 g/mol. The average Bonchev–Trinajstić information content (AvgIpc) is 2.48. The number of nitrogens with one attached hydrogen (secondary N) is 1. The zero-order valence-electron chi connectivity index (χ0n) is 11.5. The van der Waals surface area contributed by atoms with E-state index in [1.165, 1.54) is 0 Å². The van der Waals surface area contributed by atoms with E-state index in [0.717, 1.165) is 23.7 Å². The second-order valence-corrected chi connectivity index (χ2v) is 7.22. The van der Waals surface area contributed by atoms with E-state index in [4.69, 9.17) is 0 Å². The number of rotatable bonds is 4. The molecule has 4 nitrogen and oxygen atoms in total. The molecule has 1 fully saturated rings. The Morgan fingerprint density at radius 1 is 1.19 bits per heavy atom. The van der Waals surface area contributed by atoms with Gasteiger partial charge >= 0.3 is 5.97 Å². The van der Waals surface area contributed by atoms with Crippen molar-refractivity contribution in [3.05, 3.63) is 32.7 Å². The first-order chi connectivity index (χ1) is 9.94. The lowest BCUT2D eigenvalue weighted by Crippen LogP contribution is -2.44. The van der Waals surface area contributed by atoms with E-state index in [9.17, 15) is 14.7 Å². The van der Waals surface area contributed by atoms with Crippen LogP contribution in [-0.2, 0) is 4.79 Å². The third-order valence-electron chi connectivity index (χ3n) is 4.02. The number of halogens is 2. The molecule has 2 rings (SSSR count). The van der Waals surface area contributed by atoms with Crippen LogP contribution < -0.4 is 5.32 Å². The number of benzene rings is 1. The van der Waals surface area contributed by atoms with E-state index in [0.29, 0.717) is 22.9 Å². The van der Waals surface area contributed by atoms with Crippen LogP contribution in [0.15, 0.2) is 27.1 Å². The number of aliphatic carboxylic acids is 1. The van der Waals surface area contributed by atoms with Crippen molar-refractivity contribution in [2.24, 2.45) is 5.41 Å². The fourth-order valence-electron chi connectivity index (χ4n) is 2.71. The molecule has 1 aromatic rings. The van der Waals surface area contributed by atoms with Gasteiger partial charge in [-0.05, 0) is 47.0 Å². The summed E-state index contributed by atoms with van der Waals surface area (Å²) in [5.41, 5.74) is -0.312. The van der Waals surface area contributed by atoms with Gasteiger partial charge in [0.25, 0.3) is 5.91 Å². The summed E-state index contributed by atoms with van der Waals surface area (Å²) >= 11 is 6.67. The Bertz CT molecular complexity index is 554. The van der Waals surface area contributed by atoms with Crippen molar-refractivity contribution >= 4 is 43.7 Å². The van der Waals surface area contributed by atoms with Crippen molar-refractivity contribution < 1.29 is 14.7 Å². The molecule has 1 aliphatic carbocycles.